The molecule has 16 heavy (non-hydrogen) atoms. The summed E-state index contributed by atoms with van der Waals surface area (Å²) in [5, 5.41) is 6.28. The second-order valence-electron chi connectivity index (χ2n) is 5.35. The van der Waals surface area contributed by atoms with Crippen LogP contribution < -0.4 is 10.6 Å². The van der Waals surface area contributed by atoms with E-state index in [-0.39, 0.29) is 24.2 Å². The molecule has 0 spiro atoms. The average Bonchev–Trinajstić information content (AvgIpc) is 2.47. The third-order valence-electron chi connectivity index (χ3n) is 3.61. The number of rotatable bonds is 0. The van der Waals surface area contributed by atoms with Crippen LogP contribution in [0.25, 0.3) is 0 Å². The Bertz CT molecular complexity index is 318. The second-order valence-corrected chi connectivity index (χ2v) is 5.35. The van der Waals surface area contributed by atoms with Crippen LogP contribution in [0.5, 0.6) is 0 Å². The molecule has 90 valence electrons. The van der Waals surface area contributed by atoms with Gasteiger partial charge in [0.15, 0.2) is 5.79 Å². The number of carbonyl (C=O) groups is 1. The Morgan fingerprint density at radius 3 is 2.50 bits per heavy atom. The van der Waals surface area contributed by atoms with Gasteiger partial charge in [-0.05, 0) is 26.7 Å². The van der Waals surface area contributed by atoms with Gasteiger partial charge in [0.05, 0.1) is 18.8 Å². The zero-order chi connectivity index (χ0) is 11.3. The fraction of sp³-hybridized carbons (Fsp3) is 0.909. The van der Waals surface area contributed by atoms with Crippen molar-refractivity contribution >= 4 is 5.91 Å². The second kappa shape index (κ2) is 3.42. The van der Waals surface area contributed by atoms with Crippen LogP contribution in [0.3, 0.4) is 0 Å². The molecule has 5 heteroatoms. The maximum absolute atomic E-state index is 11.3. The lowest BCUT2D eigenvalue weighted by atomic mass is 9.85. The van der Waals surface area contributed by atoms with Crippen molar-refractivity contribution in [2.45, 2.75) is 56.8 Å². The Kier molecular flexibility index (Phi) is 2.24. The topological polar surface area (TPSA) is 59.6 Å². The lowest BCUT2D eigenvalue weighted by molar-refractivity contribution is -0.145. The molecule has 3 aliphatic rings. The Morgan fingerprint density at radius 2 is 1.81 bits per heavy atom. The summed E-state index contributed by atoms with van der Waals surface area (Å²) in [4.78, 5) is 11.3. The largest absolute Gasteiger partial charge is 0.351 e. The molecule has 1 amide bonds. The molecule has 3 rings (SSSR count). The van der Waals surface area contributed by atoms with Gasteiger partial charge in [0, 0.05) is 12.1 Å². The van der Waals surface area contributed by atoms with Gasteiger partial charge in [-0.25, -0.2) is 0 Å². The molecule has 1 saturated carbocycles. The number of piperazine rings is 1. The van der Waals surface area contributed by atoms with Crippen molar-refractivity contribution in [3.8, 4) is 0 Å². The highest BCUT2D eigenvalue weighted by atomic mass is 16.7. The number of ether oxygens (including phenoxy) is 2. The van der Waals surface area contributed by atoms with Gasteiger partial charge in [0.2, 0.25) is 5.91 Å². The van der Waals surface area contributed by atoms with E-state index in [9.17, 15) is 4.79 Å². The van der Waals surface area contributed by atoms with E-state index in [1.165, 1.54) is 0 Å². The Labute approximate surface area is 94.9 Å². The summed E-state index contributed by atoms with van der Waals surface area (Å²) in [5.74, 6) is -0.398. The minimum atomic E-state index is -0.479. The van der Waals surface area contributed by atoms with E-state index < -0.39 is 5.79 Å². The first-order chi connectivity index (χ1) is 7.53. The zero-order valence-electron chi connectivity index (χ0n) is 9.66. The predicted molar refractivity (Wildman–Crippen MR) is 56.8 cm³/mol. The van der Waals surface area contributed by atoms with Crippen LogP contribution in [0.2, 0.25) is 0 Å². The lowest BCUT2D eigenvalue weighted by Crippen LogP contribution is -2.63. The Hall–Kier alpha value is -0.650. The van der Waals surface area contributed by atoms with Gasteiger partial charge in [-0.3, -0.25) is 4.79 Å². The molecule has 0 aromatic carbocycles. The van der Waals surface area contributed by atoms with E-state index in [1.807, 2.05) is 13.8 Å². The third-order valence-corrected chi connectivity index (χ3v) is 3.61. The molecule has 0 bridgehead atoms. The standard InChI is InChI=1S/C11H18N2O3/c1-11(2)15-8-3-6-7(4-9(8)16-11)13-10(14)5-12-6/h6-9,12H,3-5H2,1-2H3,(H,13,14). The highest BCUT2D eigenvalue weighted by Crippen LogP contribution is 2.37. The van der Waals surface area contributed by atoms with Crippen LogP contribution in [-0.2, 0) is 14.3 Å². The van der Waals surface area contributed by atoms with Crippen molar-refractivity contribution in [1.82, 2.24) is 10.6 Å². The number of amides is 1. The maximum atomic E-state index is 11.3. The molecule has 2 N–H and O–H groups in total. The van der Waals surface area contributed by atoms with Crippen LogP contribution in [0.15, 0.2) is 0 Å². The number of fused-ring (bicyclic) bond motifs is 2. The smallest absolute Gasteiger partial charge is 0.234 e. The minimum absolute atomic E-state index is 0.0814. The molecule has 3 fully saturated rings. The number of nitrogens with one attached hydrogen (secondary N) is 2. The molecular weight excluding hydrogens is 208 g/mol. The first-order valence-electron chi connectivity index (χ1n) is 5.92. The van der Waals surface area contributed by atoms with Gasteiger partial charge in [0.1, 0.15) is 0 Å². The molecule has 4 atom stereocenters. The predicted octanol–water partition coefficient (Wildman–Crippen LogP) is -0.243. The van der Waals surface area contributed by atoms with Crippen molar-refractivity contribution < 1.29 is 14.3 Å². The van der Waals surface area contributed by atoms with Gasteiger partial charge >= 0.3 is 0 Å². The molecule has 2 heterocycles. The summed E-state index contributed by atoms with van der Waals surface area (Å²) in [6, 6.07) is 0.524. The van der Waals surface area contributed by atoms with Crippen LogP contribution in [-0.4, -0.2) is 42.5 Å². The number of hydrogen-bond donors (Lipinski definition) is 2. The van der Waals surface area contributed by atoms with Crippen molar-refractivity contribution in [1.29, 1.82) is 0 Å². The first-order valence-corrected chi connectivity index (χ1v) is 5.92. The van der Waals surface area contributed by atoms with Gasteiger partial charge < -0.3 is 20.1 Å². The summed E-state index contributed by atoms with van der Waals surface area (Å²) in [6.07, 6.45) is 2.05. The fourth-order valence-corrected chi connectivity index (χ4v) is 3.00. The molecular formula is C11H18N2O3. The quantitative estimate of drug-likeness (QED) is 0.598. The highest BCUT2D eigenvalue weighted by molar-refractivity contribution is 5.79. The van der Waals surface area contributed by atoms with Crippen LogP contribution in [0, 0.1) is 0 Å². The van der Waals surface area contributed by atoms with E-state index in [0.717, 1.165) is 12.8 Å². The number of hydrogen-bond acceptors (Lipinski definition) is 4. The van der Waals surface area contributed by atoms with Crippen molar-refractivity contribution in [2.24, 2.45) is 0 Å². The molecule has 4 unspecified atom stereocenters. The summed E-state index contributed by atoms with van der Waals surface area (Å²) in [5.41, 5.74) is 0. The summed E-state index contributed by atoms with van der Waals surface area (Å²) >= 11 is 0. The van der Waals surface area contributed by atoms with Crippen molar-refractivity contribution in [3.05, 3.63) is 0 Å². The Balaban J connectivity index is 1.73. The van der Waals surface area contributed by atoms with Gasteiger partial charge in [-0.2, -0.15) is 0 Å². The maximum Gasteiger partial charge on any atom is 0.234 e. The van der Waals surface area contributed by atoms with Crippen molar-refractivity contribution in [2.75, 3.05) is 6.54 Å². The first kappa shape index (κ1) is 10.5. The molecule has 0 aromatic heterocycles. The summed E-state index contributed by atoms with van der Waals surface area (Å²) in [7, 11) is 0. The minimum Gasteiger partial charge on any atom is -0.351 e. The number of carbonyl (C=O) groups excluding carboxylic acids is 1. The lowest BCUT2D eigenvalue weighted by Gasteiger charge is -2.40. The molecule has 0 aromatic rings. The average molecular weight is 226 g/mol. The van der Waals surface area contributed by atoms with E-state index in [1.54, 1.807) is 0 Å². The Morgan fingerprint density at radius 1 is 1.19 bits per heavy atom. The molecule has 0 radical (unpaired) electrons. The molecule has 1 aliphatic carbocycles. The van der Waals surface area contributed by atoms with Crippen molar-refractivity contribution in [3.63, 3.8) is 0 Å². The van der Waals surface area contributed by atoms with Crippen LogP contribution in [0.4, 0.5) is 0 Å². The van der Waals surface area contributed by atoms with Crippen LogP contribution in [0.1, 0.15) is 26.7 Å². The third kappa shape index (κ3) is 1.73. The van der Waals surface area contributed by atoms with E-state index in [4.69, 9.17) is 9.47 Å². The zero-order valence-corrected chi connectivity index (χ0v) is 9.66. The van der Waals surface area contributed by atoms with E-state index >= 15 is 0 Å². The van der Waals surface area contributed by atoms with Crippen LogP contribution >= 0.6 is 0 Å². The summed E-state index contributed by atoms with van der Waals surface area (Å²) in [6.45, 7) is 4.31. The van der Waals surface area contributed by atoms with Gasteiger partial charge in [-0.15, -0.1) is 0 Å². The van der Waals surface area contributed by atoms with Gasteiger partial charge in [-0.1, -0.05) is 0 Å². The monoisotopic (exact) mass is 226 g/mol. The molecule has 5 nitrogen and oxygen atoms in total. The van der Waals surface area contributed by atoms with E-state index in [2.05, 4.69) is 10.6 Å². The normalized spacial score (nSPS) is 45.8. The summed E-state index contributed by atoms with van der Waals surface area (Å²) < 4.78 is 11.7. The van der Waals surface area contributed by atoms with Gasteiger partial charge in [0.25, 0.3) is 0 Å². The SMILES string of the molecule is CC1(C)OC2CC3NCC(=O)NC3CC2O1. The fourth-order valence-electron chi connectivity index (χ4n) is 3.00. The molecule has 2 aliphatic heterocycles. The molecule has 2 saturated heterocycles. The highest BCUT2D eigenvalue weighted by Gasteiger charge is 2.48. The van der Waals surface area contributed by atoms with E-state index in [0.29, 0.717) is 12.6 Å².